The summed E-state index contributed by atoms with van der Waals surface area (Å²) in [7, 11) is 0. The average molecular weight is 621 g/mol. The Labute approximate surface area is 260 Å². The van der Waals surface area contributed by atoms with Crippen LogP contribution in [0.4, 0.5) is 4.79 Å². The zero-order valence-electron chi connectivity index (χ0n) is 26.9. The Morgan fingerprint density at radius 2 is 1.66 bits per heavy atom. The molecule has 44 heavy (non-hydrogen) atoms. The van der Waals surface area contributed by atoms with Gasteiger partial charge >= 0.3 is 6.03 Å². The smallest absolute Gasteiger partial charge is 0.315 e. The van der Waals surface area contributed by atoms with Gasteiger partial charge in [0.05, 0.1) is 70.4 Å². The van der Waals surface area contributed by atoms with Crippen molar-refractivity contribution in [3.8, 4) is 0 Å². The van der Waals surface area contributed by atoms with Crippen LogP contribution in [0.1, 0.15) is 84.8 Å². The number of nitrogens with one attached hydrogen (secondary N) is 3. The first-order valence-corrected chi connectivity index (χ1v) is 16.0. The minimum absolute atomic E-state index is 0.0363. The van der Waals surface area contributed by atoms with Gasteiger partial charge in [0, 0.05) is 31.0 Å². The van der Waals surface area contributed by atoms with Gasteiger partial charge in [0.25, 0.3) is 0 Å². The van der Waals surface area contributed by atoms with Gasteiger partial charge in [0.15, 0.2) is 5.66 Å². The fourth-order valence-corrected chi connectivity index (χ4v) is 4.86. The Hall–Kier alpha value is -2.97. The number of Topliss-reactive ketones (excluding diaryl/α,β-unsaturated/α-hetero) is 1. The van der Waals surface area contributed by atoms with E-state index in [0.29, 0.717) is 78.4 Å². The Morgan fingerprint density at radius 3 is 2.34 bits per heavy atom. The molecule has 2 aliphatic rings. The van der Waals surface area contributed by atoms with E-state index in [1.165, 1.54) is 0 Å². The molecule has 248 valence electrons. The summed E-state index contributed by atoms with van der Waals surface area (Å²) in [5, 5.41) is 25.4. The molecule has 2 aliphatic heterocycles. The van der Waals surface area contributed by atoms with Crippen molar-refractivity contribution >= 4 is 17.7 Å². The van der Waals surface area contributed by atoms with Crippen LogP contribution in [0.15, 0.2) is 16.4 Å². The van der Waals surface area contributed by atoms with E-state index in [9.17, 15) is 14.4 Å². The molecule has 14 heteroatoms. The second-order valence-corrected chi connectivity index (χ2v) is 12.5. The van der Waals surface area contributed by atoms with E-state index in [4.69, 9.17) is 14.2 Å². The van der Waals surface area contributed by atoms with Crippen molar-refractivity contribution in [1.29, 1.82) is 0 Å². The van der Waals surface area contributed by atoms with Crippen molar-refractivity contribution < 1.29 is 28.6 Å². The largest absolute Gasteiger partial charge is 0.377 e. The van der Waals surface area contributed by atoms with E-state index in [1.807, 2.05) is 27.0 Å². The SMILES string of the molecule is CC[C@H]1NC(=O)N[C@H]1CCCCCC(=O)NCCOCCOCCOCCn1cc(CCC2(CC(=O)C(C)(C)C)N=N2)nn1. The van der Waals surface area contributed by atoms with Gasteiger partial charge in [-0.2, -0.15) is 10.2 Å². The lowest BCUT2D eigenvalue weighted by atomic mass is 9.85. The third-order valence-electron chi connectivity index (χ3n) is 7.79. The molecule has 3 N–H and O–H groups in total. The van der Waals surface area contributed by atoms with E-state index in [1.54, 1.807) is 4.68 Å². The number of rotatable bonds is 24. The van der Waals surface area contributed by atoms with E-state index >= 15 is 0 Å². The topological polar surface area (TPSA) is 170 Å². The van der Waals surface area contributed by atoms with E-state index in [2.05, 4.69) is 43.4 Å². The maximum atomic E-state index is 12.3. The van der Waals surface area contributed by atoms with Crippen LogP contribution < -0.4 is 16.0 Å². The van der Waals surface area contributed by atoms with Gasteiger partial charge in [-0.1, -0.05) is 45.7 Å². The van der Waals surface area contributed by atoms with Gasteiger partial charge in [-0.25, -0.2) is 9.48 Å². The van der Waals surface area contributed by atoms with Crippen LogP contribution in [0, 0.1) is 5.41 Å². The number of aromatic nitrogens is 3. The molecule has 0 saturated carbocycles. The fourth-order valence-electron chi connectivity index (χ4n) is 4.86. The number of hydrogen-bond donors (Lipinski definition) is 3. The highest BCUT2D eigenvalue weighted by molar-refractivity contribution is 5.85. The highest BCUT2D eigenvalue weighted by atomic mass is 16.5. The Balaban J connectivity index is 1.07. The van der Waals surface area contributed by atoms with Crippen LogP contribution in [0.2, 0.25) is 0 Å². The third-order valence-corrected chi connectivity index (χ3v) is 7.79. The molecule has 1 aromatic rings. The first-order chi connectivity index (χ1) is 21.1. The molecule has 0 aromatic carbocycles. The summed E-state index contributed by atoms with van der Waals surface area (Å²) in [6.07, 6.45) is 8.70. The van der Waals surface area contributed by atoms with Crippen molar-refractivity contribution in [3.63, 3.8) is 0 Å². The molecule has 1 aromatic heterocycles. The lowest BCUT2D eigenvalue weighted by Gasteiger charge is -2.18. The number of amides is 3. The average Bonchev–Trinajstić information content (AvgIpc) is 3.41. The quantitative estimate of drug-likeness (QED) is 0.148. The number of hydrogen-bond acceptors (Lipinski definition) is 10. The van der Waals surface area contributed by atoms with Crippen LogP contribution >= 0.6 is 0 Å². The molecule has 3 rings (SSSR count). The van der Waals surface area contributed by atoms with Crippen molar-refractivity contribution in [3.05, 3.63) is 11.9 Å². The highest BCUT2D eigenvalue weighted by Gasteiger charge is 2.44. The second-order valence-electron chi connectivity index (χ2n) is 12.5. The lowest BCUT2D eigenvalue weighted by Crippen LogP contribution is -2.32. The molecule has 0 radical (unpaired) electrons. The first-order valence-electron chi connectivity index (χ1n) is 16.0. The zero-order chi connectivity index (χ0) is 31.8. The molecule has 1 saturated heterocycles. The van der Waals surface area contributed by atoms with E-state index < -0.39 is 5.66 Å². The molecule has 0 aliphatic carbocycles. The number of aryl methyl sites for hydroxylation is 1. The number of nitrogens with zero attached hydrogens (tertiary/aromatic N) is 5. The first kappa shape index (κ1) is 35.5. The molecule has 14 nitrogen and oxygen atoms in total. The number of urea groups is 1. The van der Waals surface area contributed by atoms with Crippen molar-refractivity contribution in [2.24, 2.45) is 15.6 Å². The summed E-state index contributed by atoms with van der Waals surface area (Å²) < 4.78 is 18.4. The van der Waals surface area contributed by atoms with Gasteiger partial charge in [0.2, 0.25) is 5.91 Å². The Morgan fingerprint density at radius 1 is 0.977 bits per heavy atom. The minimum atomic E-state index is -0.576. The predicted octanol–water partition coefficient (Wildman–Crippen LogP) is 2.95. The number of carbonyl (C=O) groups excluding carboxylic acids is 3. The second kappa shape index (κ2) is 18.1. The van der Waals surface area contributed by atoms with Gasteiger partial charge in [0.1, 0.15) is 5.78 Å². The van der Waals surface area contributed by atoms with Crippen LogP contribution in [-0.2, 0) is 36.8 Å². The van der Waals surface area contributed by atoms with E-state index in [0.717, 1.165) is 37.8 Å². The number of unbranched alkanes of at least 4 members (excludes halogenated alkanes) is 2. The van der Waals surface area contributed by atoms with Crippen LogP contribution in [-0.4, -0.2) is 96.6 Å². The molecular formula is C30H52N8O6. The third kappa shape index (κ3) is 13.3. The monoisotopic (exact) mass is 620 g/mol. The van der Waals surface area contributed by atoms with Gasteiger partial charge in [-0.15, -0.1) is 5.10 Å². The summed E-state index contributed by atoms with van der Waals surface area (Å²) >= 11 is 0. The summed E-state index contributed by atoms with van der Waals surface area (Å²) in [5.41, 5.74) is -0.118. The van der Waals surface area contributed by atoms with Gasteiger partial charge < -0.3 is 30.2 Å². The highest BCUT2D eigenvalue weighted by Crippen LogP contribution is 2.39. The molecule has 1 fully saturated rings. The van der Waals surface area contributed by atoms with Gasteiger partial charge in [-0.05, 0) is 25.7 Å². The van der Waals surface area contributed by atoms with Crippen molar-refractivity contribution in [1.82, 2.24) is 30.9 Å². The lowest BCUT2D eigenvalue weighted by molar-refractivity contribution is -0.127. The maximum Gasteiger partial charge on any atom is 0.315 e. The number of ether oxygens (including phenoxy) is 3. The summed E-state index contributed by atoms with van der Waals surface area (Å²) in [6, 6.07) is 0.325. The summed E-state index contributed by atoms with van der Waals surface area (Å²) in [4.78, 5) is 35.8. The predicted molar refractivity (Wildman–Crippen MR) is 163 cm³/mol. The summed E-state index contributed by atoms with van der Waals surface area (Å²) in [6.45, 7) is 11.7. The molecule has 0 bridgehead atoms. The Bertz CT molecular complexity index is 1070. The van der Waals surface area contributed by atoms with Crippen LogP contribution in [0.3, 0.4) is 0 Å². The maximum absolute atomic E-state index is 12.3. The fraction of sp³-hybridized carbons (Fsp3) is 0.833. The van der Waals surface area contributed by atoms with E-state index in [-0.39, 0.29) is 35.2 Å². The van der Waals surface area contributed by atoms with Crippen molar-refractivity contribution in [2.45, 2.75) is 110 Å². The molecule has 3 amide bonds. The molecular weight excluding hydrogens is 568 g/mol. The normalized spacial score (nSPS) is 18.7. The van der Waals surface area contributed by atoms with Crippen LogP contribution in [0.5, 0.6) is 0 Å². The molecule has 0 spiro atoms. The van der Waals surface area contributed by atoms with Crippen molar-refractivity contribution in [2.75, 3.05) is 46.2 Å². The number of carbonyl (C=O) groups is 3. The standard InChI is InChI=1S/C30H52N8O6/c1-5-24-25(33-28(41)32-24)9-7-6-8-10-27(40)31-13-15-42-17-19-44-20-18-43-16-14-38-22-23(34-37-38)11-12-30(35-36-30)21-26(39)29(2,3)4/h22,24-25H,5-21H2,1-4H3,(H,31,40)(H2,32,33,41)/t24-,25+/m1/s1. The Kier molecular flexibility index (Phi) is 14.6. The molecule has 2 atom stereocenters. The zero-order valence-corrected chi connectivity index (χ0v) is 26.9. The van der Waals surface area contributed by atoms with Gasteiger partial charge in [-0.3, -0.25) is 9.59 Å². The number of ketones is 1. The summed E-state index contributed by atoms with van der Waals surface area (Å²) in [5.74, 6) is 0.200. The molecule has 3 heterocycles. The van der Waals surface area contributed by atoms with Crippen LogP contribution in [0.25, 0.3) is 0 Å². The molecule has 0 unspecified atom stereocenters. The minimum Gasteiger partial charge on any atom is -0.377 e.